The van der Waals surface area contributed by atoms with Crippen molar-refractivity contribution in [2.24, 2.45) is 34.3 Å². The van der Waals surface area contributed by atoms with Gasteiger partial charge in [0.2, 0.25) is 5.78 Å². The molecule has 0 saturated heterocycles. The summed E-state index contributed by atoms with van der Waals surface area (Å²) in [5, 5.41) is 23.1. The molecule has 0 spiro atoms. The quantitative estimate of drug-likeness (QED) is 0.348. The Morgan fingerprint density at radius 1 is 1.11 bits per heavy atom. The lowest BCUT2D eigenvalue weighted by Gasteiger charge is -2.60. The molecule has 0 bridgehead atoms. The van der Waals surface area contributed by atoms with Gasteiger partial charge in [-0.05, 0) is 93.6 Å². The van der Waals surface area contributed by atoms with Crippen LogP contribution in [-0.4, -0.2) is 59.4 Å². The van der Waals surface area contributed by atoms with Gasteiger partial charge in [0.25, 0.3) is 0 Å². The van der Waals surface area contributed by atoms with E-state index in [1.807, 2.05) is 6.92 Å². The maximum absolute atomic E-state index is 13.2. The van der Waals surface area contributed by atoms with E-state index in [9.17, 15) is 24.6 Å². The van der Waals surface area contributed by atoms with Crippen molar-refractivity contribution in [3.8, 4) is 0 Å². The van der Waals surface area contributed by atoms with Crippen molar-refractivity contribution in [2.75, 3.05) is 19.8 Å². The molecule has 4 rings (SSSR count). The van der Waals surface area contributed by atoms with Gasteiger partial charge < -0.3 is 25.4 Å². The lowest BCUT2D eigenvalue weighted by Crippen LogP contribution is -2.62. The minimum absolute atomic E-state index is 0.0108. The molecular formula is C27H41NO7. The summed E-state index contributed by atoms with van der Waals surface area (Å²) in [7, 11) is 0. The highest BCUT2D eigenvalue weighted by molar-refractivity contribution is 5.92. The van der Waals surface area contributed by atoms with Gasteiger partial charge in [0.1, 0.15) is 5.60 Å². The summed E-state index contributed by atoms with van der Waals surface area (Å²) in [6.07, 6.45) is 6.76. The minimum Gasteiger partial charge on any atom is -0.434 e. The molecule has 0 aliphatic heterocycles. The fraction of sp³-hybridized carbons (Fsp3) is 0.815. The third-order valence-electron chi connectivity index (χ3n) is 9.90. The number of carbonyl (C=O) groups excluding carboxylic acids is 3. The van der Waals surface area contributed by atoms with E-state index in [2.05, 4.69) is 6.92 Å². The van der Waals surface area contributed by atoms with Gasteiger partial charge in [0.15, 0.2) is 12.4 Å². The average molecular weight is 492 g/mol. The van der Waals surface area contributed by atoms with Crippen molar-refractivity contribution >= 4 is 17.7 Å². The summed E-state index contributed by atoms with van der Waals surface area (Å²) < 4.78 is 10.1. The number of hydrogen-bond donors (Lipinski definition) is 3. The molecular weight excluding hydrogens is 450 g/mol. The zero-order valence-electron chi connectivity index (χ0n) is 21.1. The van der Waals surface area contributed by atoms with Crippen LogP contribution in [0.1, 0.15) is 78.1 Å². The third kappa shape index (κ3) is 4.46. The molecule has 4 aliphatic carbocycles. The van der Waals surface area contributed by atoms with Crippen molar-refractivity contribution in [1.29, 1.82) is 0 Å². The van der Waals surface area contributed by atoms with Crippen LogP contribution in [0, 0.1) is 28.6 Å². The normalized spacial score (nSPS) is 40.3. The Kier molecular flexibility index (Phi) is 7.47. The average Bonchev–Trinajstić information content (AvgIpc) is 3.08. The predicted octanol–water partition coefficient (Wildman–Crippen LogP) is 3.07. The fourth-order valence-corrected chi connectivity index (χ4v) is 8.01. The molecule has 1 unspecified atom stereocenters. The molecule has 4 aliphatic rings. The molecule has 8 nitrogen and oxygen atoms in total. The summed E-state index contributed by atoms with van der Waals surface area (Å²) in [5.41, 5.74) is 3.90. The number of aliphatic hydroxyl groups excluding tert-OH is 1. The van der Waals surface area contributed by atoms with Crippen LogP contribution in [-0.2, 0) is 19.1 Å². The number of hydrogen-bond acceptors (Lipinski definition) is 8. The van der Waals surface area contributed by atoms with E-state index in [1.54, 1.807) is 6.08 Å². The van der Waals surface area contributed by atoms with Crippen LogP contribution in [0.25, 0.3) is 0 Å². The molecule has 35 heavy (non-hydrogen) atoms. The highest BCUT2D eigenvalue weighted by atomic mass is 16.7. The van der Waals surface area contributed by atoms with Crippen molar-refractivity contribution in [3.63, 3.8) is 0 Å². The Morgan fingerprint density at radius 2 is 1.89 bits per heavy atom. The first-order valence-corrected chi connectivity index (χ1v) is 13.2. The molecule has 0 aromatic carbocycles. The number of fused-ring (bicyclic) bond motifs is 5. The monoisotopic (exact) mass is 491 g/mol. The van der Waals surface area contributed by atoms with Crippen LogP contribution >= 0.6 is 0 Å². The molecule has 4 N–H and O–H groups in total. The van der Waals surface area contributed by atoms with Crippen LogP contribution in [0.4, 0.5) is 4.79 Å². The van der Waals surface area contributed by atoms with E-state index in [0.29, 0.717) is 38.6 Å². The maximum Gasteiger partial charge on any atom is 0.508 e. The standard InChI is InChI=1S/C27H41NO7/c1-25-10-8-18(29)14-17(25)6-7-19-20-9-11-27(33,26(20,2)15-21(30)23(19)25)22(31)16-35-24(32)34-13-5-3-4-12-28/h14,19-21,23,30,33H,3-13,15-16,28H2,1-2H3/t19-,20-,21-,23+,25?,26-,27-/m0/s1. The van der Waals surface area contributed by atoms with Crippen molar-refractivity contribution in [3.05, 3.63) is 11.6 Å². The van der Waals surface area contributed by atoms with Crippen LogP contribution in [0.15, 0.2) is 11.6 Å². The van der Waals surface area contributed by atoms with E-state index in [1.165, 1.54) is 0 Å². The van der Waals surface area contributed by atoms with Crippen molar-refractivity contribution < 1.29 is 34.1 Å². The largest absolute Gasteiger partial charge is 0.508 e. The first-order chi connectivity index (χ1) is 16.6. The van der Waals surface area contributed by atoms with E-state index in [4.69, 9.17) is 15.2 Å². The van der Waals surface area contributed by atoms with Gasteiger partial charge in [-0.2, -0.15) is 0 Å². The van der Waals surface area contributed by atoms with Gasteiger partial charge in [-0.25, -0.2) is 4.79 Å². The van der Waals surface area contributed by atoms with E-state index in [0.717, 1.165) is 37.7 Å². The molecule has 0 aromatic heterocycles. The topological polar surface area (TPSA) is 136 Å². The number of aliphatic hydroxyl groups is 2. The van der Waals surface area contributed by atoms with Crippen LogP contribution in [0.2, 0.25) is 0 Å². The number of carbonyl (C=O) groups is 3. The number of ether oxygens (including phenoxy) is 2. The second-order valence-corrected chi connectivity index (χ2v) is 11.6. The van der Waals surface area contributed by atoms with Gasteiger partial charge in [0, 0.05) is 11.8 Å². The second kappa shape index (κ2) is 9.94. The highest BCUT2D eigenvalue weighted by Gasteiger charge is 2.68. The molecule has 3 fully saturated rings. The molecule has 8 heteroatoms. The van der Waals surface area contributed by atoms with Crippen LogP contribution in [0.5, 0.6) is 0 Å². The lowest BCUT2D eigenvalue weighted by molar-refractivity contribution is -0.182. The molecule has 3 saturated carbocycles. The first-order valence-electron chi connectivity index (χ1n) is 13.2. The Hall–Kier alpha value is -1.77. The Balaban J connectivity index is 1.43. The SMILES string of the molecule is CC12CCC(=O)C=C1CC[C@@H]1[C@@H]2[C@@H](O)C[C@@]2(C)[C@H]1CC[C@]2(O)C(=O)COC(=O)OCCCCCN. The smallest absolute Gasteiger partial charge is 0.434 e. The zero-order chi connectivity index (χ0) is 25.4. The van der Waals surface area contributed by atoms with Crippen LogP contribution in [0.3, 0.4) is 0 Å². The van der Waals surface area contributed by atoms with E-state index in [-0.39, 0.29) is 35.6 Å². The molecule has 7 atom stereocenters. The number of allylic oxidation sites excluding steroid dienone is 1. The molecule has 0 amide bonds. The number of nitrogens with two attached hydrogens (primary N) is 1. The van der Waals surface area contributed by atoms with Crippen molar-refractivity contribution in [1.82, 2.24) is 0 Å². The van der Waals surface area contributed by atoms with Crippen molar-refractivity contribution in [2.45, 2.75) is 89.8 Å². The van der Waals surface area contributed by atoms with E-state index >= 15 is 0 Å². The predicted molar refractivity (Wildman–Crippen MR) is 128 cm³/mol. The van der Waals surface area contributed by atoms with Gasteiger partial charge in [-0.1, -0.05) is 19.4 Å². The molecule has 196 valence electrons. The van der Waals surface area contributed by atoms with Crippen LogP contribution < -0.4 is 5.73 Å². The Bertz CT molecular complexity index is 887. The Labute approximate surface area is 207 Å². The third-order valence-corrected chi connectivity index (χ3v) is 9.90. The fourth-order valence-electron chi connectivity index (χ4n) is 8.01. The number of unbranched alkanes of at least 4 members (excludes halogenated alkanes) is 2. The number of Topliss-reactive ketones (excluding diaryl/α,β-unsaturated/α-hetero) is 1. The number of ketones is 2. The summed E-state index contributed by atoms with van der Waals surface area (Å²) >= 11 is 0. The molecule has 0 radical (unpaired) electrons. The Morgan fingerprint density at radius 3 is 2.63 bits per heavy atom. The van der Waals surface area contributed by atoms with Gasteiger partial charge in [-0.15, -0.1) is 0 Å². The van der Waals surface area contributed by atoms with Gasteiger partial charge in [-0.3, -0.25) is 9.59 Å². The van der Waals surface area contributed by atoms with E-state index < -0.39 is 35.7 Å². The molecule has 0 aromatic rings. The highest BCUT2D eigenvalue weighted by Crippen LogP contribution is 2.67. The second-order valence-electron chi connectivity index (χ2n) is 11.6. The molecule has 0 heterocycles. The first kappa shape index (κ1) is 26.3. The summed E-state index contributed by atoms with van der Waals surface area (Å²) in [6.45, 7) is 4.33. The van der Waals surface area contributed by atoms with Gasteiger partial charge in [0.05, 0.1) is 12.7 Å². The van der Waals surface area contributed by atoms with Gasteiger partial charge >= 0.3 is 6.16 Å². The summed E-state index contributed by atoms with van der Waals surface area (Å²) in [4.78, 5) is 37.2. The minimum atomic E-state index is -1.66. The zero-order valence-corrected chi connectivity index (χ0v) is 21.1. The summed E-state index contributed by atoms with van der Waals surface area (Å²) in [6, 6.07) is 0. The summed E-state index contributed by atoms with van der Waals surface area (Å²) in [5.74, 6) is -0.104. The lowest BCUT2D eigenvalue weighted by atomic mass is 9.45. The number of rotatable bonds is 8. The maximum atomic E-state index is 13.2.